The summed E-state index contributed by atoms with van der Waals surface area (Å²) in [5.74, 6) is -0.543. The summed E-state index contributed by atoms with van der Waals surface area (Å²) in [4.78, 5) is 16.1. The molecule has 0 aliphatic rings. The molecule has 0 spiro atoms. The topological polar surface area (TPSA) is 30.0 Å². The van der Waals surface area contributed by atoms with Crippen LogP contribution >= 0.6 is 15.9 Å². The summed E-state index contributed by atoms with van der Waals surface area (Å²) in [6.07, 6.45) is 3.15. The molecule has 0 fully saturated rings. The van der Waals surface area contributed by atoms with Crippen LogP contribution in [0.2, 0.25) is 0 Å². The molecule has 0 radical (unpaired) electrons. The van der Waals surface area contributed by atoms with Crippen molar-refractivity contribution < 1.29 is 9.18 Å². The van der Waals surface area contributed by atoms with Crippen molar-refractivity contribution in [3.63, 3.8) is 0 Å². The highest BCUT2D eigenvalue weighted by Crippen LogP contribution is 2.22. The quantitative estimate of drug-likeness (QED) is 0.793. The number of carbonyl (C=O) groups excluding carboxylic acids is 1. The normalized spacial score (nSPS) is 10.3. The van der Waals surface area contributed by atoms with Gasteiger partial charge in [-0.15, -0.1) is 0 Å². The van der Waals surface area contributed by atoms with Gasteiger partial charge in [-0.3, -0.25) is 9.78 Å². The largest absolute Gasteiger partial charge is 0.288 e. The molecular weight excluding hydrogens is 285 g/mol. The maximum Gasteiger partial charge on any atom is 0.195 e. The highest BCUT2D eigenvalue weighted by Gasteiger charge is 2.15. The van der Waals surface area contributed by atoms with Crippen molar-refractivity contribution in [1.82, 2.24) is 4.98 Å². The first kappa shape index (κ1) is 11.9. The predicted molar refractivity (Wildman–Crippen MR) is 66.5 cm³/mol. The number of hydrogen-bond donors (Lipinski definition) is 0. The molecule has 0 amide bonds. The van der Waals surface area contributed by atoms with E-state index >= 15 is 0 Å². The Hall–Kier alpha value is -1.55. The van der Waals surface area contributed by atoms with Crippen molar-refractivity contribution in [3.05, 3.63) is 63.6 Å². The SMILES string of the molecule is Cc1ccncc1C(=O)c1ccc(F)cc1Br. The Morgan fingerprint density at radius 2 is 2.06 bits per heavy atom. The van der Waals surface area contributed by atoms with Crippen LogP contribution in [0.4, 0.5) is 4.39 Å². The van der Waals surface area contributed by atoms with Gasteiger partial charge in [-0.2, -0.15) is 0 Å². The third kappa shape index (κ3) is 2.42. The van der Waals surface area contributed by atoms with Gasteiger partial charge in [-0.1, -0.05) is 0 Å². The first-order valence-electron chi connectivity index (χ1n) is 5.00. The molecule has 1 aromatic heterocycles. The zero-order valence-corrected chi connectivity index (χ0v) is 10.7. The van der Waals surface area contributed by atoms with Gasteiger partial charge >= 0.3 is 0 Å². The van der Waals surface area contributed by atoms with Crippen molar-refractivity contribution in [2.24, 2.45) is 0 Å². The summed E-state index contributed by atoms with van der Waals surface area (Å²) < 4.78 is 13.4. The maximum atomic E-state index is 12.9. The van der Waals surface area contributed by atoms with Gasteiger partial charge in [0.15, 0.2) is 5.78 Å². The van der Waals surface area contributed by atoms with Gasteiger partial charge in [0.05, 0.1) is 0 Å². The molecule has 2 rings (SSSR count). The first-order chi connectivity index (χ1) is 8.09. The van der Waals surface area contributed by atoms with Gasteiger partial charge in [0, 0.05) is 28.0 Å². The van der Waals surface area contributed by atoms with Crippen molar-refractivity contribution in [2.75, 3.05) is 0 Å². The zero-order chi connectivity index (χ0) is 12.4. The van der Waals surface area contributed by atoms with Gasteiger partial charge in [-0.05, 0) is 52.7 Å². The minimum atomic E-state index is -0.378. The second-order valence-electron chi connectivity index (χ2n) is 3.64. The number of aryl methyl sites for hydroxylation is 1. The Morgan fingerprint density at radius 3 is 2.71 bits per heavy atom. The van der Waals surface area contributed by atoms with E-state index in [2.05, 4.69) is 20.9 Å². The van der Waals surface area contributed by atoms with Crippen LogP contribution in [0, 0.1) is 12.7 Å². The average molecular weight is 294 g/mol. The van der Waals surface area contributed by atoms with E-state index in [1.54, 1.807) is 12.3 Å². The van der Waals surface area contributed by atoms with E-state index in [4.69, 9.17) is 0 Å². The molecule has 0 aliphatic heterocycles. The van der Waals surface area contributed by atoms with E-state index in [1.165, 1.54) is 24.4 Å². The fourth-order valence-corrected chi connectivity index (χ4v) is 2.05. The molecule has 0 aliphatic carbocycles. The van der Waals surface area contributed by atoms with Crippen molar-refractivity contribution in [3.8, 4) is 0 Å². The molecule has 0 atom stereocenters. The van der Waals surface area contributed by atoms with Gasteiger partial charge in [0.2, 0.25) is 0 Å². The van der Waals surface area contributed by atoms with Gasteiger partial charge in [0.1, 0.15) is 5.82 Å². The second-order valence-corrected chi connectivity index (χ2v) is 4.50. The number of rotatable bonds is 2. The fourth-order valence-electron chi connectivity index (χ4n) is 1.52. The van der Waals surface area contributed by atoms with E-state index in [-0.39, 0.29) is 11.6 Å². The molecule has 4 heteroatoms. The number of pyridine rings is 1. The summed E-state index contributed by atoms with van der Waals surface area (Å²) in [6, 6.07) is 5.78. The lowest BCUT2D eigenvalue weighted by molar-refractivity contribution is 0.103. The van der Waals surface area contributed by atoms with E-state index in [1.807, 2.05) is 6.92 Å². The number of hydrogen-bond acceptors (Lipinski definition) is 2. The lowest BCUT2D eigenvalue weighted by Gasteiger charge is -2.06. The van der Waals surface area contributed by atoms with E-state index in [0.29, 0.717) is 15.6 Å². The third-order valence-corrected chi connectivity index (χ3v) is 3.12. The predicted octanol–water partition coefficient (Wildman–Crippen LogP) is 3.52. The van der Waals surface area contributed by atoms with Crippen molar-refractivity contribution in [2.45, 2.75) is 6.92 Å². The molecule has 0 bridgehead atoms. The van der Waals surface area contributed by atoms with Gasteiger partial charge in [-0.25, -0.2) is 4.39 Å². The third-order valence-electron chi connectivity index (χ3n) is 2.46. The number of aromatic nitrogens is 1. The summed E-state index contributed by atoms with van der Waals surface area (Å²) in [5.41, 5.74) is 1.81. The summed E-state index contributed by atoms with van der Waals surface area (Å²) in [5, 5.41) is 0. The monoisotopic (exact) mass is 293 g/mol. The smallest absolute Gasteiger partial charge is 0.195 e. The zero-order valence-electron chi connectivity index (χ0n) is 9.08. The van der Waals surface area contributed by atoms with Gasteiger partial charge in [0.25, 0.3) is 0 Å². The highest BCUT2D eigenvalue weighted by atomic mass is 79.9. The van der Waals surface area contributed by atoms with Crippen LogP contribution in [-0.2, 0) is 0 Å². The molecule has 1 aromatic carbocycles. The fraction of sp³-hybridized carbons (Fsp3) is 0.0769. The number of carbonyl (C=O) groups is 1. The van der Waals surface area contributed by atoms with E-state index < -0.39 is 0 Å². The second kappa shape index (κ2) is 4.75. The van der Waals surface area contributed by atoms with E-state index in [9.17, 15) is 9.18 Å². The number of ketones is 1. The maximum absolute atomic E-state index is 12.9. The Balaban J connectivity index is 2.48. The van der Waals surface area contributed by atoms with Crippen molar-refractivity contribution >= 4 is 21.7 Å². The molecule has 86 valence electrons. The lowest BCUT2D eigenvalue weighted by atomic mass is 10.0. The van der Waals surface area contributed by atoms with Crippen LogP contribution in [0.1, 0.15) is 21.5 Å². The Bertz CT molecular complexity index is 583. The van der Waals surface area contributed by atoms with Crippen LogP contribution in [0.5, 0.6) is 0 Å². The van der Waals surface area contributed by atoms with Crippen LogP contribution in [0.25, 0.3) is 0 Å². The molecule has 2 nitrogen and oxygen atoms in total. The molecular formula is C13H9BrFNO. The Kier molecular flexibility index (Phi) is 3.33. The number of benzene rings is 1. The van der Waals surface area contributed by atoms with E-state index in [0.717, 1.165) is 5.56 Å². The van der Waals surface area contributed by atoms with Crippen molar-refractivity contribution in [1.29, 1.82) is 0 Å². The molecule has 1 heterocycles. The molecule has 0 N–H and O–H groups in total. The molecule has 0 unspecified atom stereocenters. The summed E-state index contributed by atoms with van der Waals surface area (Å²) >= 11 is 3.19. The summed E-state index contributed by atoms with van der Waals surface area (Å²) in [7, 11) is 0. The minimum absolute atomic E-state index is 0.164. The number of halogens is 2. The summed E-state index contributed by atoms with van der Waals surface area (Å²) in [6.45, 7) is 1.84. The van der Waals surface area contributed by atoms with Crippen LogP contribution in [0.3, 0.4) is 0 Å². The highest BCUT2D eigenvalue weighted by molar-refractivity contribution is 9.10. The molecule has 0 saturated heterocycles. The van der Waals surface area contributed by atoms with Crippen LogP contribution < -0.4 is 0 Å². The Morgan fingerprint density at radius 1 is 1.29 bits per heavy atom. The average Bonchev–Trinajstić information content (AvgIpc) is 2.29. The lowest BCUT2D eigenvalue weighted by Crippen LogP contribution is -2.05. The van der Waals surface area contributed by atoms with Crippen LogP contribution in [0.15, 0.2) is 41.1 Å². The van der Waals surface area contributed by atoms with Gasteiger partial charge < -0.3 is 0 Å². The number of nitrogens with zero attached hydrogens (tertiary/aromatic N) is 1. The first-order valence-corrected chi connectivity index (χ1v) is 5.79. The van der Waals surface area contributed by atoms with Crippen LogP contribution in [-0.4, -0.2) is 10.8 Å². The molecule has 0 saturated carbocycles. The Labute approximate surface area is 107 Å². The minimum Gasteiger partial charge on any atom is -0.288 e. The molecule has 17 heavy (non-hydrogen) atoms. The molecule has 2 aromatic rings. The standard InChI is InChI=1S/C13H9BrFNO/c1-8-4-5-16-7-11(8)13(17)10-3-2-9(15)6-12(10)14/h2-7H,1H3.